The summed E-state index contributed by atoms with van der Waals surface area (Å²) in [4.78, 5) is 5.10. The van der Waals surface area contributed by atoms with Crippen LogP contribution in [0.1, 0.15) is 48.9 Å². The van der Waals surface area contributed by atoms with Crippen molar-refractivity contribution in [3.8, 4) is 33.4 Å². The quantitative estimate of drug-likeness (QED) is 0.168. The second kappa shape index (κ2) is 12.5. The van der Waals surface area contributed by atoms with Gasteiger partial charge in [0, 0.05) is 41.3 Å². The Bertz CT molecular complexity index is 2810. The molecule has 0 spiro atoms. The Kier molecular flexibility index (Phi) is 7.33. The summed E-state index contributed by atoms with van der Waals surface area (Å²) in [5.41, 5.74) is 18.7. The molecule has 266 valence electrons. The molecule has 0 bridgehead atoms. The van der Waals surface area contributed by atoms with Crippen molar-refractivity contribution in [3.05, 3.63) is 180 Å². The summed E-state index contributed by atoms with van der Waals surface area (Å²) in [5.74, 6) is 0. The van der Waals surface area contributed by atoms with Gasteiger partial charge in [0.05, 0.1) is 0 Å². The molecule has 0 radical (unpaired) electrons. The number of hydrogen-bond acceptors (Lipinski definition) is 2. The summed E-state index contributed by atoms with van der Waals surface area (Å²) in [5, 5.41) is 5.20. The van der Waals surface area contributed by atoms with Gasteiger partial charge in [0.2, 0.25) is 0 Å². The first-order valence-electron chi connectivity index (χ1n) is 20.1. The number of hydrogen-bond donors (Lipinski definition) is 0. The maximum absolute atomic E-state index is 2.55. The number of anilines is 4. The Hall–Kier alpha value is -6.12. The molecular weight excluding hydrogens is 665 g/mol. The number of nitrogens with zero attached hydrogens (tertiary/aromatic N) is 2. The fraction of sp³-hybridized carbons (Fsp3) is 0.170. The maximum atomic E-state index is 2.55. The largest absolute Gasteiger partial charge is 0.341 e. The van der Waals surface area contributed by atoms with Gasteiger partial charge in [-0.05, 0) is 139 Å². The Morgan fingerprint density at radius 1 is 0.418 bits per heavy atom. The Labute approximate surface area is 324 Å². The normalized spacial score (nSPS) is 15.5. The third-order valence-electron chi connectivity index (χ3n) is 12.9. The molecule has 0 aromatic heterocycles. The average Bonchev–Trinajstić information content (AvgIpc) is 3.48. The van der Waals surface area contributed by atoms with Crippen LogP contribution in [0.15, 0.2) is 158 Å². The van der Waals surface area contributed by atoms with Crippen LogP contribution in [0.3, 0.4) is 0 Å². The van der Waals surface area contributed by atoms with Crippen molar-refractivity contribution in [3.63, 3.8) is 0 Å². The zero-order chi connectivity index (χ0) is 36.7. The number of aryl methyl sites for hydroxylation is 2. The van der Waals surface area contributed by atoms with Crippen LogP contribution in [-0.2, 0) is 18.3 Å². The minimum Gasteiger partial charge on any atom is -0.341 e. The molecule has 2 aliphatic heterocycles. The van der Waals surface area contributed by atoms with E-state index >= 15 is 0 Å². The Balaban J connectivity index is 1.26. The molecule has 2 heterocycles. The van der Waals surface area contributed by atoms with Gasteiger partial charge in [-0.3, -0.25) is 0 Å². The third-order valence-corrected chi connectivity index (χ3v) is 12.9. The zero-order valence-corrected chi connectivity index (χ0v) is 31.6. The van der Waals surface area contributed by atoms with E-state index in [1.165, 1.54) is 99.9 Å². The van der Waals surface area contributed by atoms with E-state index in [2.05, 4.69) is 181 Å². The van der Waals surface area contributed by atoms with Gasteiger partial charge in [-0.2, -0.15) is 0 Å². The molecule has 0 fully saturated rings. The zero-order valence-electron chi connectivity index (χ0n) is 31.6. The minimum absolute atomic E-state index is 0.0883. The molecule has 0 saturated heterocycles. The molecule has 0 unspecified atom stereocenters. The number of fused-ring (bicyclic) bond motifs is 7. The lowest BCUT2D eigenvalue weighted by Gasteiger charge is -2.32. The summed E-state index contributed by atoms with van der Waals surface area (Å²) < 4.78 is 0. The van der Waals surface area contributed by atoms with Crippen LogP contribution in [0.25, 0.3) is 54.9 Å². The minimum atomic E-state index is -0.0883. The number of rotatable bonds is 4. The smallest absolute Gasteiger partial charge is 0.0443 e. The number of benzene rings is 8. The van der Waals surface area contributed by atoms with Crippen molar-refractivity contribution in [1.82, 2.24) is 0 Å². The summed E-state index contributed by atoms with van der Waals surface area (Å²) in [7, 11) is 0. The van der Waals surface area contributed by atoms with E-state index in [-0.39, 0.29) is 5.41 Å². The van der Waals surface area contributed by atoms with E-state index in [9.17, 15) is 0 Å². The van der Waals surface area contributed by atoms with E-state index in [0.717, 1.165) is 38.8 Å². The molecular formula is C53H44N2. The van der Waals surface area contributed by atoms with Crippen molar-refractivity contribution in [2.45, 2.75) is 44.9 Å². The Morgan fingerprint density at radius 2 is 0.945 bits per heavy atom. The maximum Gasteiger partial charge on any atom is 0.0443 e. The van der Waals surface area contributed by atoms with Gasteiger partial charge in [-0.1, -0.05) is 135 Å². The lowest BCUT2D eigenvalue weighted by atomic mass is 9.80. The fourth-order valence-corrected chi connectivity index (χ4v) is 10.3. The van der Waals surface area contributed by atoms with Crippen LogP contribution >= 0.6 is 0 Å². The molecule has 3 aliphatic rings. The highest BCUT2D eigenvalue weighted by molar-refractivity contribution is 6.24. The predicted octanol–water partition coefficient (Wildman–Crippen LogP) is 13.8. The first-order chi connectivity index (χ1) is 27.1. The monoisotopic (exact) mass is 708 g/mol. The number of para-hydroxylation sites is 2. The average molecular weight is 709 g/mol. The second-order valence-corrected chi connectivity index (χ2v) is 16.2. The van der Waals surface area contributed by atoms with E-state index in [1.807, 2.05) is 0 Å². The summed E-state index contributed by atoms with van der Waals surface area (Å²) >= 11 is 0. The third kappa shape index (κ3) is 4.94. The molecule has 1 aliphatic carbocycles. The first kappa shape index (κ1) is 32.3. The standard InChI is InChI=1S/C53H44N2/c1-53(2)46-23-9-8-21-42(46)52-43(22-12-24-47(52)53)51-41-30-28-38(54-31-13-19-35-15-6-10-25-48(35)54)33-44(41)50(37-17-4-3-5-18-37)40-29-27-39(34-45(40)51)55-32-14-20-36-16-7-11-26-49(36)55/h3-12,15-18,21-30,33-34H,13-14,19-20,31-32H2,1-2H3. The summed E-state index contributed by atoms with van der Waals surface area (Å²) in [6, 6.07) is 59.9. The molecule has 0 saturated carbocycles. The van der Waals surface area contributed by atoms with E-state index < -0.39 is 0 Å². The fourth-order valence-electron chi connectivity index (χ4n) is 10.3. The van der Waals surface area contributed by atoms with Crippen molar-refractivity contribution in [2.75, 3.05) is 22.9 Å². The van der Waals surface area contributed by atoms with Crippen LogP contribution in [0.4, 0.5) is 22.7 Å². The highest BCUT2D eigenvalue weighted by atomic mass is 15.1. The topological polar surface area (TPSA) is 6.48 Å². The van der Waals surface area contributed by atoms with Gasteiger partial charge in [0.1, 0.15) is 0 Å². The SMILES string of the molecule is CC1(C)c2ccccc2-c2c(-c3c4ccc(N5CCCc6ccccc65)cc4c(-c4ccccc4)c4ccc(N5CCCc6ccccc65)cc34)cccc21. The van der Waals surface area contributed by atoms with Gasteiger partial charge in [-0.15, -0.1) is 0 Å². The van der Waals surface area contributed by atoms with Crippen LogP contribution in [-0.4, -0.2) is 13.1 Å². The highest BCUT2D eigenvalue weighted by Gasteiger charge is 2.37. The van der Waals surface area contributed by atoms with Crippen LogP contribution in [0.2, 0.25) is 0 Å². The van der Waals surface area contributed by atoms with Crippen LogP contribution < -0.4 is 9.80 Å². The first-order valence-corrected chi connectivity index (χ1v) is 20.1. The molecule has 0 N–H and O–H groups in total. The molecule has 2 nitrogen and oxygen atoms in total. The highest BCUT2D eigenvalue weighted by Crippen LogP contribution is 2.55. The predicted molar refractivity (Wildman–Crippen MR) is 233 cm³/mol. The van der Waals surface area contributed by atoms with E-state index in [4.69, 9.17) is 0 Å². The molecule has 2 heteroatoms. The van der Waals surface area contributed by atoms with Crippen molar-refractivity contribution >= 4 is 44.3 Å². The molecule has 0 atom stereocenters. The van der Waals surface area contributed by atoms with Gasteiger partial charge < -0.3 is 9.80 Å². The van der Waals surface area contributed by atoms with Gasteiger partial charge >= 0.3 is 0 Å². The van der Waals surface area contributed by atoms with Gasteiger partial charge in [0.15, 0.2) is 0 Å². The molecule has 55 heavy (non-hydrogen) atoms. The molecule has 8 aromatic rings. The van der Waals surface area contributed by atoms with Crippen LogP contribution in [0.5, 0.6) is 0 Å². The molecule has 0 amide bonds. The van der Waals surface area contributed by atoms with Crippen molar-refractivity contribution in [2.24, 2.45) is 0 Å². The van der Waals surface area contributed by atoms with Gasteiger partial charge in [0.25, 0.3) is 0 Å². The van der Waals surface area contributed by atoms with Crippen molar-refractivity contribution < 1.29 is 0 Å². The lowest BCUT2D eigenvalue weighted by Crippen LogP contribution is -2.24. The summed E-state index contributed by atoms with van der Waals surface area (Å²) in [6.07, 6.45) is 4.56. The van der Waals surface area contributed by atoms with Gasteiger partial charge in [-0.25, -0.2) is 0 Å². The van der Waals surface area contributed by atoms with E-state index in [1.54, 1.807) is 0 Å². The molecule has 8 aromatic carbocycles. The Morgan fingerprint density at radius 3 is 1.62 bits per heavy atom. The second-order valence-electron chi connectivity index (χ2n) is 16.2. The lowest BCUT2D eigenvalue weighted by molar-refractivity contribution is 0.660. The molecule has 11 rings (SSSR count). The summed E-state index contributed by atoms with van der Waals surface area (Å²) in [6.45, 7) is 6.82. The van der Waals surface area contributed by atoms with E-state index in [0.29, 0.717) is 0 Å². The van der Waals surface area contributed by atoms with Crippen molar-refractivity contribution in [1.29, 1.82) is 0 Å². The van der Waals surface area contributed by atoms with Crippen LogP contribution in [0, 0.1) is 0 Å².